The second-order valence-corrected chi connectivity index (χ2v) is 5.57. The molecule has 0 saturated carbocycles. The Hall–Kier alpha value is -0.940. The molecule has 1 aliphatic heterocycles. The van der Waals surface area contributed by atoms with Crippen LogP contribution in [0, 0.1) is 5.92 Å². The van der Waals surface area contributed by atoms with Crippen molar-refractivity contribution in [1.29, 1.82) is 0 Å². The van der Waals surface area contributed by atoms with Gasteiger partial charge in [-0.05, 0) is 0 Å². The molecule has 0 aromatic carbocycles. The molecule has 1 aromatic rings. The van der Waals surface area contributed by atoms with Crippen LogP contribution < -0.4 is 4.90 Å². The highest BCUT2D eigenvalue weighted by atomic mass is 32.1. The lowest BCUT2D eigenvalue weighted by Gasteiger charge is -2.34. The highest BCUT2D eigenvalue weighted by Crippen LogP contribution is 2.18. The summed E-state index contributed by atoms with van der Waals surface area (Å²) < 4.78 is 0. The van der Waals surface area contributed by atoms with Crippen LogP contribution in [0.1, 0.15) is 13.8 Å². The van der Waals surface area contributed by atoms with Crippen LogP contribution in [0.5, 0.6) is 0 Å². The Morgan fingerprint density at radius 3 is 2.65 bits per heavy atom. The molecule has 0 atom stereocenters. The Morgan fingerprint density at radius 1 is 1.41 bits per heavy atom. The molecule has 0 N–H and O–H groups in total. The van der Waals surface area contributed by atoms with Crippen molar-refractivity contribution in [2.75, 3.05) is 37.6 Å². The largest absolute Gasteiger partial charge is 0.346 e. The van der Waals surface area contributed by atoms with E-state index in [0.717, 1.165) is 31.3 Å². The maximum absolute atomic E-state index is 11.7. The van der Waals surface area contributed by atoms with Gasteiger partial charge in [-0.15, -0.1) is 11.3 Å². The summed E-state index contributed by atoms with van der Waals surface area (Å²) in [4.78, 5) is 20.5. The van der Waals surface area contributed by atoms with Crippen LogP contribution >= 0.6 is 11.3 Å². The van der Waals surface area contributed by atoms with Crippen LogP contribution in [-0.4, -0.2) is 48.4 Å². The van der Waals surface area contributed by atoms with E-state index in [1.54, 1.807) is 11.3 Å². The summed E-state index contributed by atoms with van der Waals surface area (Å²) in [5.41, 5.74) is 0. The Morgan fingerprint density at radius 2 is 2.12 bits per heavy atom. The molecule has 0 unspecified atom stereocenters. The molecule has 4 nitrogen and oxygen atoms in total. The smallest absolute Gasteiger partial charge is 0.185 e. The molecule has 1 saturated heterocycles. The van der Waals surface area contributed by atoms with Gasteiger partial charge in [-0.2, -0.15) is 0 Å². The summed E-state index contributed by atoms with van der Waals surface area (Å²) in [5.74, 6) is 0.486. The molecule has 94 valence electrons. The number of nitrogens with zero attached hydrogens (tertiary/aromatic N) is 3. The second kappa shape index (κ2) is 5.60. The van der Waals surface area contributed by atoms with E-state index in [2.05, 4.69) is 14.8 Å². The van der Waals surface area contributed by atoms with E-state index in [1.807, 2.05) is 25.4 Å². The number of aromatic nitrogens is 1. The van der Waals surface area contributed by atoms with Crippen LogP contribution in [-0.2, 0) is 4.79 Å². The molecule has 0 spiro atoms. The van der Waals surface area contributed by atoms with E-state index >= 15 is 0 Å². The van der Waals surface area contributed by atoms with Crippen LogP contribution in [0.2, 0.25) is 0 Å². The molecule has 17 heavy (non-hydrogen) atoms. The number of carbonyl (C=O) groups is 1. The molecular formula is C12H19N3OS. The number of hydrogen-bond donors (Lipinski definition) is 0. The fraction of sp³-hybridized carbons (Fsp3) is 0.667. The third-order valence-electron chi connectivity index (χ3n) is 3.09. The predicted octanol–water partition coefficient (Wildman–Crippen LogP) is 1.49. The van der Waals surface area contributed by atoms with E-state index < -0.39 is 0 Å². The van der Waals surface area contributed by atoms with Gasteiger partial charge in [0.2, 0.25) is 0 Å². The summed E-state index contributed by atoms with van der Waals surface area (Å²) in [7, 11) is 0. The van der Waals surface area contributed by atoms with Gasteiger partial charge in [-0.3, -0.25) is 9.69 Å². The molecule has 0 aliphatic carbocycles. The van der Waals surface area contributed by atoms with Crippen molar-refractivity contribution < 1.29 is 4.79 Å². The highest BCUT2D eigenvalue weighted by Gasteiger charge is 2.20. The number of anilines is 1. The molecule has 2 rings (SSSR count). The van der Waals surface area contributed by atoms with Crippen molar-refractivity contribution in [2.45, 2.75) is 13.8 Å². The first-order chi connectivity index (χ1) is 8.16. The minimum absolute atomic E-state index is 0.145. The number of piperazine rings is 1. The minimum atomic E-state index is 0.145. The lowest BCUT2D eigenvalue weighted by molar-refractivity contribution is -0.123. The molecule has 0 bridgehead atoms. The number of carbonyl (C=O) groups excluding carboxylic acids is 1. The minimum Gasteiger partial charge on any atom is -0.346 e. The van der Waals surface area contributed by atoms with Crippen LogP contribution in [0.15, 0.2) is 11.6 Å². The second-order valence-electron chi connectivity index (χ2n) is 4.70. The van der Waals surface area contributed by atoms with Crippen molar-refractivity contribution >= 4 is 22.3 Å². The van der Waals surface area contributed by atoms with E-state index in [1.165, 1.54) is 0 Å². The zero-order chi connectivity index (χ0) is 12.3. The molecule has 1 aliphatic rings. The molecule has 5 heteroatoms. The van der Waals surface area contributed by atoms with Crippen molar-refractivity contribution in [1.82, 2.24) is 9.88 Å². The van der Waals surface area contributed by atoms with Gasteiger partial charge in [0, 0.05) is 43.7 Å². The van der Waals surface area contributed by atoms with Gasteiger partial charge in [0.25, 0.3) is 0 Å². The zero-order valence-corrected chi connectivity index (χ0v) is 11.2. The van der Waals surface area contributed by atoms with Gasteiger partial charge >= 0.3 is 0 Å². The molecule has 0 radical (unpaired) electrons. The number of ketones is 1. The summed E-state index contributed by atoms with van der Waals surface area (Å²) in [6.07, 6.45) is 1.84. The Labute approximate surface area is 106 Å². The van der Waals surface area contributed by atoms with E-state index in [-0.39, 0.29) is 5.92 Å². The molecule has 2 heterocycles. The van der Waals surface area contributed by atoms with Crippen molar-refractivity contribution in [3.05, 3.63) is 11.6 Å². The van der Waals surface area contributed by atoms with Crippen LogP contribution in [0.4, 0.5) is 5.13 Å². The predicted molar refractivity (Wildman–Crippen MR) is 70.6 cm³/mol. The average molecular weight is 253 g/mol. The molecule has 1 fully saturated rings. The molecular weight excluding hydrogens is 234 g/mol. The maximum Gasteiger partial charge on any atom is 0.185 e. The number of rotatable bonds is 4. The summed E-state index contributed by atoms with van der Waals surface area (Å²) in [6, 6.07) is 0. The first-order valence-corrected chi connectivity index (χ1v) is 6.94. The number of thiazole rings is 1. The Kier molecular flexibility index (Phi) is 4.12. The van der Waals surface area contributed by atoms with Gasteiger partial charge in [-0.1, -0.05) is 13.8 Å². The maximum atomic E-state index is 11.7. The number of Topliss-reactive ketones (excluding diaryl/α,β-unsaturated/α-hetero) is 1. The van der Waals surface area contributed by atoms with Gasteiger partial charge in [0.1, 0.15) is 5.78 Å². The third kappa shape index (κ3) is 3.26. The third-order valence-corrected chi connectivity index (χ3v) is 3.92. The lowest BCUT2D eigenvalue weighted by atomic mass is 10.1. The molecule has 0 amide bonds. The zero-order valence-electron chi connectivity index (χ0n) is 10.4. The first-order valence-electron chi connectivity index (χ1n) is 6.06. The van der Waals surface area contributed by atoms with E-state index in [4.69, 9.17) is 0 Å². The van der Waals surface area contributed by atoms with Gasteiger partial charge < -0.3 is 4.90 Å². The standard InChI is InChI=1S/C12H19N3OS/c1-10(2)11(16)9-14-4-6-15(7-5-14)12-13-3-8-17-12/h3,8,10H,4-7,9H2,1-2H3. The first kappa shape index (κ1) is 12.5. The Balaban J connectivity index is 1.80. The molecule has 1 aromatic heterocycles. The summed E-state index contributed by atoms with van der Waals surface area (Å²) in [5, 5.41) is 3.10. The number of hydrogen-bond acceptors (Lipinski definition) is 5. The normalized spacial score (nSPS) is 17.7. The van der Waals surface area contributed by atoms with Crippen molar-refractivity contribution in [2.24, 2.45) is 5.92 Å². The highest BCUT2D eigenvalue weighted by molar-refractivity contribution is 7.13. The van der Waals surface area contributed by atoms with Crippen LogP contribution in [0.25, 0.3) is 0 Å². The monoisotopic (exact) mass is 253 g/mol. The van der Waals surface area contributed by atoms with Crippen LogP contribution in [0.3, 0.4) is 0 Å². The van der Waals surface area contributed by atoms with E-state index in [9.17, 15) is 4.79 Å². The van der Waals surface area contributed by atoms with Gasteiger partial charge in [0.15, 0.2) is 5.13 Å². The Bertz CT molecular complexity index is 356. The average Bonchev–Trinajstić information content (AvgIpc) is 2.83. The fourth-order valence-corrected chi connectivity index (χ4v) is 2.57. The summed E-state index contributed by atoms with van der Waals surface area (Å²) >= 11 is 1.68. The quantitative estimate of drug-likeness (QED) is 0.814. The summed E-state index contributed by atoms with van der Waals surface area (Å²) in [6.45, 7) is 8.39. The fourth-order valence-electron chi connectivity index (χ4n) is 1.87. The lowest BCUT2D eigenvalue weighted by Crippen LogP contribution is -2.48. The van der Waals surface area contributed by atoms with E-state index in [0.29, 0.717) is 12.3 Å². The van der Waals surface area contributed by atoms with Gasteiger partial charge in [0.05, 0.1) is 6.54 Å². The van der Waals surface area contributed by atoms with Crippen molar-refractivity contribution in [3.8, 4) is 0 Å². The van der Waals surface area contributed by atoms with Crippen molar-refractivity contribution in [3.63, 3.8) is 0 Å². The SMILES string of the molecule is CC(C)C(=O)CN1CCN(c2nccs2)CC1. The topological polar surface area (TPSA) is 36.4 Å². The van der Waals surface area contributed by atoms with Gasteiger partial charge in [-0.25, -0.2) is 4.98 Å².